The van der Waals surface area contributed by atoms with Gasteiger partial charge in [0.1, 0.15) is 0 Å². The topological polar surface area (TPSA) is 80.3 Å². The molecule has 1 atom stereocenters. The van der Waals surface area contributed by atoms with Crippen molar-refractivity contribution >= 4 is 5.91 Å². The minimum Gasteiger partial charge on any atom is -1.00 e. The third kappa shape index (κ3) is 4.68. The number of hydrogen-bond acceptors (Lipinski definition) is 6. The van der Waals surface area contributed by atoms with Gasteiger partial charge in [0.15, 0.2) is 11.6 Å². The summed E-state index contributed by atoms with van der Waals surface area (Å²) >= 11 is 0. The summed E-state index contributed by atoms with van der Waals surface area (Å²) in [5.41, 5.74) is -0.165. The molecule has 0 aliphatic carbocycles. The van der Waals surface area contributed by atoms with Crippen LogP contribution < -0.4 is 12.4 Å². The van der Waals surface area contributed by atoms with E-state index in [1.54, 1.807) is 12.1 Å². The van der Waals surface area contributed by atoms with Crippen LogP contribution >= 0.6 is 0 Å². The highest BCUT2D eigenvalue weighted by atomic mass is 35.5. The number of amides is 1. The number of halogens is 1. The first-order valence-electron chi connectivity index (χ1n) is 9.27. The van der Waals surface area contributed by atoms with Gasteiger partial charge in [0.2, 0.25) is 0 Å². The van der Waals surface area contributed by atoms with Gasteiger partial charge in [0, 0.05) is 26.2 Å². The van der Waals surface area contributed by atoms with Crippen molar-refractivity contribution in [3.63, 3.8) is 0 Å². The van der Waals surface area contributed by atoms with E-state index >= 15 is 0 Å². The van der Waals surface area contributed by atoms with Gasteiger partial charge in [-0.05, 0) is 49.8 Å². The molecule has 0 aromatic carbocycles. The van der Waals surface area contributed by atoms with Crippen LogP contribution in [0.4, 0.5) is 0 Å². The molecule has 27 heavy (non-hydrogen) atoms. The summed E-state index contributed by atoms with van der Waals surface area (Å²) in [6.45, 7) is 11.5. The number of rotatable bonds is 5. The fraction of sp³-hybridized carbons (Fsp3) is 0.667. The fourth-order valence-electron chi connectivity index (χ4n) is 3.42. The van der Waals surface area contributed by atoms with Crippen molar-refractivity contribution in [2.75, 3.05) is 26.2 Å². The maximum Gasteiger partial charge on any atom is 0.289 e. The van der Waals surface area contributed by atoms with E-state index in [2.05, 4.69) is 48.1 Å². The molecule has 1 aliphatic heterocycles. The number of aromatic nitrogens is 4. The molecule has 0 saturated carbocycles. The van der Waals surface area contributed by atoms with Gasteiger partial charge in [0.05, 0.1) is 17.8 Å². The number of carbonyl (C=O) groups is 1. The fourth-order valence-corrected chi connectivity index (χ4v) is 3.42. The molecule has 8 nitrogen and oxygen atoms in total. The van der Waals surface area contributed by atoms with Crippen molar-refractivity contribution < 1.29 is 21.6 Å². The molecule has 2 aromatic rings. The largest absolute Gasteiger partial charge is 1.00 e. The molecule has 0 spiro atoms. The highest BCUT2D eigenvalue weighted by Gasteiger charge is 2.32. The summed E-state index contributed by atoms with van der Waals surface area (Å²) in [5, 5.41) is 12.5. The summed E-state index contributed by atoms with van der Waals surface area (Å²) in [7, 11) is 0. The average molecular weight is 396 g/mol. The number of furan rings is 1. The van der Waals surface area contributed by atoms with Crippen LogP contribution in [0.15, 0.2) is 22.8 Å². The molecule has 9 heteroatoms. The predicted molar refractivity (Wildman–Crippen MR) is 96.6 cm³/mol. The summed E-state index contributed by atoms with van der Waals surface area (Å²) in [5.74, 6) is 1.27. The molecule has 2 aromatic heterocycles. The molecule has 1 aliphatic rings. The number of nitrogens with zero attached hydrogens (tertiary/aromatic N) is 6. The van der Waals surface area contributed by atoms with Crippen molar-refractivity contribution in [2.45, 2.75) is 52.1 Å². The second-order valence-electron chi connectivity index (χ2n) is 7.73. The van der Waals surface area contributed by atoms with Crippen LogP contribution in [0.2, 0.25) is 0 Å². The Kier molecular flexibility index (Phi) is 7.00. The Morgan fingerprint density at radius 3 is 2.52 bits per heavy atom. The molecule has 1 unspecified atom stereocenters. The molecule has 0 N–H and O–H groups in total. The van der Waals surface area contributed by atoms with Crippen LogP contribution in [0.5, 0.6) is 0 Å². The Labute approximate surface area is 166 Å². The summed E-state index contributed by atoms with van der Waals surface area (Å²) < 4.78 is 7.16. The maximum atomic E-state index is 12.5. The zero-order valence-corrected chi connectivity index (χ0v) is 17.2. The molecule has 1 saturated heterocycles. The van der Waals surface area contributed by atoms with Crippen molar-refractivity contribution in [3.05, 3.63) is 30.0 Å². The van der Waals surface area contributed by atoms with E-state index in [1.807, 2.05) is 9.58 Å². The Balaban J connectivity index is 0.00000261. The Morgan fingerprint density at radius 1 is 1.26 bits per heavy atom. The van der Waals surface area contributed by atoms with E-state index in [1.165, 1.54) is 6.26 Å². The van der Waals surface area contributed by atoms with Crippen LogP contribution in [0.25, 0.3) is 0 Å². The maximum absolute atomic E-state index is 12.5. The quantitative estimate of drug-likeness (QED) is 0.667. The predicted octanol–water partition coefficient (Wildman–Crippen LogP) is -0.676. The lowest BCUT2D eigenvalue weighted by atomic mass is 10.0. The second kappa shape index (κ2) is 8.84. The lowest BCUT2D eigenvalue weighted by Gasteiger charge is -2.39. The van der Waals surface area contributed by atoms with Gasteiger partial charge in [0.25, 0.3) is 5.91 Å². The molecular formula is C18H28ClN6O2-. The number of tetrazole rings is 1. The van der Waals surface area contributed by atoms with Gasteiger partial charge < -0.3 is 21.7 Å². The minimum absolute atomic E-state index is 0. The van der Waals surface area contributed by atoms with Gasteiger partial charge in [-0.2, -0.15) is 0 Å². The van der Waals surface area contributed by atoms with Crippen molar-refractivity contribution in [2.24, 2.45) is 0 Å². The smallest absolute Gasteiger partial charge is 0.289 e. The summed E-state index contributed by atoms with van der Waals surface area (Å²) in [4.78, 5) is 16.7. The molecule has 0 radical (unpaired) electrons. The van der Waals surface area contributed by atoms with Crippen LogP contribution in [0.1, 0.15) is 63.0 Å². The Bertz CT molecular complexity index is 717. The second-order valence-corrected chi connectivity index (χ2v) is 7.73. The zero-order chi connectivity index (χ0) is 18.7. The van der Waals surface area contributed by atoms with E-state index in [-0.39, 0.29) is 29.9 Å². The highest BCUT2D eigenvalue weighted by Crippen LogP contribution is 2.28. The third-order valence-corrected chi connectivity index (χ3v) is 4.76. The summed E-state index contributed by atoms with van der Waals surface area (Å²) in [6.07, 6.45) is 3.57. The molecule has 1 fully saturated rings. The summed E-state index contributed by atoms with van der Waals surface area (Å²) in [6, 6.07) is 3.62. The highest BCUT2D eigenvalue weighted by molar-refractivity contribution is 5.91. The van der Waals surface area contributed by atoms with Crippen LogP contribution in [0.3, 0.4) is 0 Å². The molecule has 3 rings (SSSR count). The Morgan fingerprint density at radius 2 is 1.96 bits per heavy atom. The molecule has 150 valence electrons. The molecule has 0 bridgehead atoms. The Hall–Kier alpha value is -1.93. The van der Waals surface area contributed by atoms with E-state index in [9.17, 15) is 4.79 Å². The normalized spacial score (nSPS) is 16.8. The lowest BCUT2D eigenvalue weighted by molar-refractivity contribution is -0.0000176. The van der Waals surface area contributed by atoms with E-state index in [0.717, 1.165) is 31.8 Å². The average Bonchev–Trinajstić information content (AvgIpc) is 3.30. The van der Waals surface area contributed by atoms with Gasteiger partial charge >= 0.3 is 0 Å². The molecular weight excluding hydrogens is 368 g/mol. The van der Waals surface area contributed by atoms with E-state index in [0.29, 0.717) is 18.8 Å². The number of hydrogen-bond donors (Lipinski definition) is 0. The SMILES string of the molecule is CCCC(c1nnnn1C(C)(C)C)N1CCN(C(=O)c2ccco2)CC1.[Cl-]. The zero-order valence-electron chi connectivity index (χ0n) is 16.4. The standard InChI is InChI=1S/C18H28N6O2.ClH/c1-5-7-14(16-19-20-21-24(16)18(2,3)4)22-9-11-23(12-10-22)17(25)15-8-6-13-26-15;/h6,8,13-14H,5,7,9-12H2,1-4H3;1H/p-1. The first kappa shape index (κ1) is 21.4. The minimum atomic E-state index is -0.165. The number of carbonyl (C=O) groups excluding carboxylic acids is 1. The van der Waals surface area contributed by atoms with Gasteiger partial charge in [-0.3, -0.25) is 9.69 Å². The first-order valence-corrected chi connectivity index (χ1v) is 9.27. The monoisotopic (exact) mass is 395 g/mol. The van der Waals surface area contributed by atoms with Crippen LogP contribution in [0, 0.1) is 0 Å². The van der Waals surface area contributed by atoms with Crippen molar-refractivity contribution in [1.29, 1.82) is 0 Å². The number of piperazine rings is 1. The van der Waals surface area contributed by atoms with Crippen molar-refractivity contribution in [3.8, 4) is 0 Å². The first-order chi connectivity index (χ1) is 12.4. The van der Waals surface area contributed by atoms with E-state index in [4.69, 9.17) is 4.42 Å². The molecule has 3 heterocycles. The van der Waals surface area contributed by atoms with Crippen LogP contribution in [-0.4, -0.2) is 62.1 Å². The van der Waals surface area contributed by atoms with Gasteiger partial charge in [-0.1, -0.05) is 13.3 Å². The lowest BCUT2D eigenvalue weighted by Crippen LogP contribution is -3.00. The van der Waals surface area contributed by atoms with Gasteiger partial charge in [-0.15, -0.1) is 5.10 Å². The molecule has 1 amide bonds. The van der Waals surface area contributed by atoms with Gasteiger partial charge in [-0.25, -0.2) is 4.68 Å². The van der Waals surface area contributed by atoms with Crippen LogP contribution in [-0.2, 0) is 5.54 Å². The van der Waals surface area contributed by atoms with Crippen molar-refractivity contribution in [1.82, 2.24) is 30.0 Å². The third-order valence-electron chi connectivity index (χ3n) is 4.76. The van der Waals surface area contributed by atoms with E-state index < -0.39 is 0 Å².